The van der Waals surface area contributed by atoms with E-state index in [1.165, 1.54) is 39.4 Å². The summed E-state index contributed by atoms with van der Waals surface area (Å²) in [7, 11) is 2.85. The van der Waals surface area contributed by atoms with Gasteiger partial charge in [0.2, 0.25) is 11.8 Å². The minimum atomic E-state index is -1.96. The summed E-state index contributed by atoms with van der Waals surface area (Å²) in [6.45, 7) is 2.02. The molecule has 0 bridgehead atoms. The lowest BCUT2D eigenvalue weighted by atomic mass is 9.75. The van der Waals surface area contributed by atoms with Gasteiger partial charge in [-0.1, -0.05) is 6.08 Å². The highest BCUT2D eigenvalue weighted by Gasteiger charge is 2.63. The predicted octanol–water partition coefficient (Wildman–Crippen LogP) is 3.76. The van der Waals surface area contributed by atoms with Gasteiger partial charge < -0.3 is 19.7 Å². The van der Waals surface area contributed by atoms with E-state index in [0.717, 1.165) is 29.8 Å². The molecule has 1 amide bonds. The maximum atomic E-state index is 15.8. The van der Waals surface area contributed by atoms with E-state index < -0.39 is 23.6 Å². The number of halogens is 2. The molecular weight excluding hydrogens is 390 g/mol. The second-order valence-electron chi connectivity index (χ2n) is 8.48. The number of hydrogen-bond acceptors (Lipinski definition) is 4. The van der Waals surface area contributed by atoms with Crippen LogP contribution in [0, 0.1) is 17.2 Å². The Morgan fingerprint density at radius 3 is 2.70 bits per heavy atom. The van der Waals surface area contributed by atoms with Gasteiger partial charge in [0, 0.05) is 49.0 Å². The molecule has 3 unspecified atom stereocenters. The van der Waals surface area contributed by atoms with Crippen molar-refractivity contribution >= 4 is 5.91 Å². The topological polar surface area (TPSA) is 50.8 Å². The van der Waals surface area contributed by atoms with Crippen LogP contribution < -0.4 is 10.1 Å². The maximum Gasteiger partial charge on any atom is 0.240 e. The minimum Gasteiger partial charge on any atom is -0.496 e. The third kappa shape index (κ3) is 2.57. The highest BCUT2D eigenvalue weighted by Crippen LogP contribution is 2.65. The Kier molecular flexibility index (Phi) is 4.13. The van der Waals surface area contributed by atoms with Gasteiger partial charge in [0.05, 0.1) is 13.0 Å². The predicted molar refractivity (Wildman–Crippen MR) is 106 cm³/mol. The number of allylic oxidation sites excluding steroid dienone is 2. The molecule has 158 valence electrons. The van der Waals surface area contributed by atoms with Crippen LogP contribution in [0.1, 0.15) is 31.4 Å². The van der Waals surface area contributed by atoms with Crippen LogP contribution in [0.25, 0.3) is 0 Å². The van der Waals surface area contributed by atoms with Crippen LogP contribution in [-0.2, 0) is 9.53 Å². The van der Waals surface area contributed by atoms with Gasteiger partial charge in [0.15, 0.2) is 0 Å². The quantitative estimate of drug-likeness (QED) is 0.819. The van der Waals surface area contributed by atoms with E-state index in [1.54, 1.807) is 17.0 Å². The standard InChI is InChI=1S/C23H24F2N2O3/c1-13(28)27-12-22(9-10-22)19-18-16(5-4-8-23(18,25)30-3)26-20(19)21(27)15-7-6-14(24)11-17(15)29-2/h4-8,11,18,21,26H,9-10,12H2,1-3H3. The van der Waals surface area contributed by atoms with E-state index in [0.29, 0.717) is 17.9 Å². The minimum absolute atomic E-state index is 0.0915. The second kappa shape index (κ2) is 6.41. The number of carbonyl (C=O) groups excluding carboxylic acids is 1. The Morgan fingerprint density at radius 1 is 1.30 bits per heavy atom. The van der Waals surface area contributed by atoms with E-state index >= 15 is 4.39 Å². The number of amides is 1. The van der Waals surface area contributed by atoms with Crippen molar-refractivity contribution in [2.75, 3.05) is 20.8 Å². The fourth-order valence-electron chi connectivity index (χ4n) is 5.29. The van der Waals surface area contributed by atoms with Crippen LogP contribution in [0.2, 0.25) is 0 Å². The Hall–Kier alpha value is -2.67. The molecule has 2 aliphatic carbocycles. The molecule has 4 aliphatic rings. The number of carbonyl (C=O) groups is 1. The Bertz CT molecular complexity index is 1030. The highest BCUT2D eigenvalue weighted by atomic mass is 19.2. The highest BCUT2D eigenvalue weighted by molar-refractivity contribution is 5.76. The van der Waals surface area contributed by atoms with Crippen LogP contribution in [0.3, 0.4) is 0 Å². The SMILES string of the molecule is COc1cc(F)ccc1C1C2=C(C3C(=CC=CC3(F)OC)N2)C2(CC2)CN1C(C)=O. The summed E-state index contributed by atoms with van der Waals surface area (Å²) in [6, 6.07) is 3.79. The van der Waals surface area contributed by atoms with Crippen molar-refractivity contribution in [1.82, 2.24) is 10.2 Å². The van der Waals surface area contributed by atoms with Crippen molar-refractivity contribution in [1.29, 1.82) is 0 Å². The Labute approximate surface area is 174 Å². The molecule has 1 aromatic rings. The van der Waals surface area contributed by atoms with Gasteiger partial charge >= 0.3 is 0 Å². The molecule has 5 nitrogen and oxygen atoms in total. The number of alkyl halides is 1. The van der Waals surface area contributed by atoms with Gasteiger partial charge in [-0.3, -0.25) is 4.79 Å². The fraction of sp³-hybridized carbons (Fsp3) is 0.435. The number of nitrogens with one attached hydrogen (secondary N) is 1. The molecule has 2 heterocycles. The number of hydrogen-bond donors (Lipinski definition) is 1. The summed E-state index contributed by atoms with van der Waals surface area (Å²) in [5, 5.41) is 3.41. The molecule has 3 atom stereocenters. The Balaban J connectivity index is 1.73. The summed E-state index contributed by atoms with van der Waals surface area (Å²) in [5.74, 6) is -2.71. The first-order valence-electron chi connectivity index (χ1n) is 10.1. The van der Waals surface area contributed by atoms with Crippen LogP contribution in [0.15, 0.2) is 53.4 Å². The molecule has 1 aromatic carbocycles. The average molecular weight is 414 g/mol. The number of fused-ring (bicyclic) bond motifs is 3. The molecule has 0 aromatic heterocycles. The largest absolute Gasteiger partial charge is 0.496 e. The lowest BCUT2D eigenvalue weighted by Crippen LogP contribution is -2.46. The van der Waals surface area contributed by atoms with Gasteiger partial charge in [0.25, 0.3) is 0 Å². The molecule has 1 spiro atoms. The zero-order chi connectivity index (χ0) is 21.3. The Morgan fingerprint density at radius 2 is 2.07 bits per heavy atom. The van der Waals surface area contributed by atoms with Crippen LogP contribution in [0.5, 0.6) is 5.75 Å². The second-order valence-corrected chi connectivity index (χ2v) is 8.48. The molecule has 0 radical (unpaired) electrons. The third-order valence-corrected chi connectivity index (χ3v) is 6.85. The molecular formula is C23H24F2N2O3. The van der Waals surface area contributed by atoms with E-state index in [9.17, 15) is 9.18 Å². The summed E-state index contributed by atoms with van der Waals surface area (Å²) in [4.78, 5) is 14.5. The first kappa shape index (κ1) is 19.3. The smallest absolute Gasteiger partial charge is 0.240 e. The molecule has 30 heavy (non-hydrogen) atoms. The maximum absolute atomic E-state index is 15.8. The van der Waals surface area contributed by atoms with Gasteiger partial charge in [-0.2, -0.15) is 0 Å². The number of rotatable bonds is 3. The van der Waals surface area contributed by atoms with Gasteiger partial charge in [-0.15, -0.1) is 0 Å². The van der Waals surface area contributed by atoms with E-state index in [1.807, 2.05) is 6.08 Å². The lowest BCUT2D eigenvalue weighted by molar-refractivity contribution is -0.132. The summed E-state index contributed by atoms with van der Waals surface area (Å²) in [5.41, 5.74) is 2.85. The number of ether oxygens (including phenoxy) is 2. The molecule has 7 heteroatoms. The molecule has 1 saturated carbocycles. The first-order chi connectivity index (χ1) is 14.3. The van der Waals surface area contributed by atoms with Gasteiger partial charge in [-0.25, -0.2) is 8.78 Å². The van der Waals surface area contributed by atoms with E-state index in [4.69, 9.17) is 9.47 Å². The van der Waals surface area contributed by atoms with Crippen molar-refractivity contribution < 1.29 is 23.0 Å². The number of methoxy groups -OCH3 is 2. The summed E-state index contributed by atoms with van der Waals surface area (Å²) in [6.07, 6.45) is 6.72. The molecule has 5 rings (SSSR count). The van der Waals surface area contributed by atoms with E-state index in [-0.39, 0.29) is 11.3 Å². The van der Waals surface area contributed by atoms with Crippen LogP contribution >= 0.6 is 0 Å². The van der Waals surface area contributed by atoms with Crippen LogP contribution in [0.4, 0.5) is 8.78 Å². The molecule has 1 N–H and O–H groups in total. The summed E-state index contributed by atoms with van der Waals surface area (Å²) >= 11 is 0. The molecule has 0 saturated heterocycles. The third-order valence-electron chi connectivity index (χ3n) is 6.85. The zero-order valence-electron chi connectivity index (χ0n) is 17.2. The van der Waals surface area contributed by atoms with Crippen molar-refractivity contribution in [2.24, 2.45) is 11.3 Å². The number of nitrogens with zero attached hydrogens (tertiary/aromatic N) is 1. The van der Waals surface area contributed by atoms with Crippen molar-refractivity contribution in [2.45, 2.75) is 31.7 Å². The average Bonchev–Trinajstić information content (AvgIpc) is 3.37. The lowest BCUT2D eigenvalue weighted by Gasteiger charge is -2.43. The van der Waals surface area contributed by atoms with Crippen LogP contribution in [-0.4, -0.2) is 37.4 Å². The van der Waals surface area contributed by atoms with Crippen molar-refractivity contribution in [3.63, 3.8) is 0 Å². The summed E-state index contributed by atoms with van der Waals surface area (Å²) < 4.78 is 40.4. The number of benzene rings is 1. The molecule has 1 fully saturated rings. The molecule has 2 aliphatic heterocycles. The monoisotopic (exact) mass is 414 g/mol. The zero-order valence-corrected chi connectivity index (χ0v) is 17.2. The first-order valence-corrected chi connectivity index (χ1v) is 10.1. The van der Waals surface area contributed by atoms with Crippen molar-refractivity contribution in [3.05, 3.63) is 64.8 Å². The fourth-order valence-corrected chi connectivity index (χ4v) is 5.29. The van der Waals surface area contributed by atoms with E-state index in [2.05, 4.69) is 5.32 Å². The van der Waals surface area contributed by atoms with Crippen molar-refractivity contribution in [3.8, 4) is 5.75 Å². The normalized spacial score (nSPS) is 30.6. The van der Waals surface area contributed by atoms with Gasteiger partial charge in [-0.05, 0) is 42.7 Å². The van der Waals surface area contributed by atoms with Gasteiger partial charge in [0.1, 0.15) is 17.6 Å².